The van der Waals surface area contributed by atoms with Crippen molar-refractivity contribution in [1.29, 1.82) is 0 Å². The molecule has 6 rings (SSSR count). The summed E-state index contributed by atoms with van der Waals surface area (Å²) in [4.78, 5) is 48.6. The van der Waals surface area contributed by atoms with Gasteiger partial charge < -0.3 is 30.7 Å². The van der Waals surface area contributed by atoms with Gasteiger partial charge in [0.25, 0.3) is 17.7 Å². The number of aromatic amines is 1. The van der Waals surface area contributed by atoms with E-state index < -0.39 is 5.91 Å². The lowest BCUT2D eigenvalue weighted by molar-refractivity contribution is 0.0664. The number of fused-ring (bicyclic) bond motifs is 3. The zero-order valence-electron chi connectivity index (χ0n) is 25.4. The zero-order chi connectivity index (χ0) is 31.1. The average molecular weight is 589 g/mol. The number of carbonyl (C=O) groups excluding carboxylic acids is 3. The molecular weight excluding hydrogens is 552 g/mol. The number of likely N-dealkylation sites (N-methyl/N-ethyl adjacent to an activating group) is 1. The Kier molecular flexibility index (Phi) is 7.57. The maximum absolute atomic E-state index is 13.4. The maximum Gasteiger partial charge on any atom is 0.257 e. The van der Waals surface area contributed by atoms with Crippen molar-refractivity contribution in [2.45, 2.75) is 6.92 Å². The van der Waals surface area contributed by atoms with Gasteiger partial charge in [-0.2, -0.15) is 0 Å². The third-order valence-electron chi connectivity index (χ3n) is 8.56. The molecule has 0 radical (unpaired) electrons. The van der Waals surface area contributed by atoms with Gasteiger partial charge in [0.15, 0.2) is 0 Å². The molecule has 44 heavy (non-hydrogen) atoms. The van der Waals surface area contributed by atoms with E-state index in [1.54, 1.807) is 6.07 Å². The van der Waals surface area contributed by atoms with Crippen LogP contribution in [0.4, 0.5) is 11.4 Å². The molecule has 1 saturated heterocycles. The minimum Gasteiger partial charge on any atom is -0.377 e. The van der Waals surface area contributed by atoms with Gasteiger partial charge in [-0.25, -0.2) is 0 Å². The van der Waals surface area contributed by atoms with Crippen LogP contribution in [0, 0.1) is 6.92 Å². The van der Waals surface area contributed by atoms with Gasteiger partial charge in [0, 0.05) is 73.5 Å². The summed E-state index contributed by atoms with van der Waals surface area (Å²) in [6.07, 6.45) is 0. The Morgan fingerprint density at radius 3 is 2.34 bits per heavy atom. The van der Waals surface area contributed by atoms with Crippen LogP contribution in [-0.2, 0) is 0 Å². The molecule has 1 aliphatic heterocycles. The van der Waals surface area contributed by atoms with E-state index in [1.807, 2.05) is 97.5 Å². The van der Waals surface area contributed by atoms with E-state index in [1.165, 1.54) is 0 Å². The van der Waals surface area contributed by atoms with Gasteiger partial charge in [-0.1, -0.05) is 36.4 Å². The fraction of sp³-hybridized carbons (Fsp3) is 0.229. The minimum absolute atomic E-state index is 0.0101. The molecule has 1 aromatic heterocycles. The van der Waals surface area contributed by atoms with Gasteiger partial charge in [-0.15, -0.1) is 0 Å². The molecule has 1 aliphatic rings. The Morgan fingerprint density at radius 1 is 0.864 bits per heavy atom. The second-order valence-corrected chi connectivity index (χ2v) is 11.6. The molecule has 4 N–H and O–H groups in total. The number of hydrogen-bond acceptors (Lipinski definition) is 5. The van der Waals surface area contributed by atoms with Crippen LogP contribution < -0.4 is 16.0 Å². The summed E-state index contributed by atoms with van der Waals surface area (Å²) in [5.74, 6) is -0.753. The van der Waals surface area contributed by atoms with Crippen LogP contribution in [0.25, 0.3) is 32.9 Å². The number of nitrogens with zero attached hydrogens (tertiary/aromatic N) is 3. The highest BCUT2D eigenvalue weighted by atomic mass is 16.2. The van der Waals surface area contributed by atoms with Gasteiger partial charge in [0.1, 0.15) is 0 Å². The fourth-order valence-electron chi connectivity index (χ4n) is 6.08. The predicted molar refractivity (Wildman–Crippen MR) is 177 cm³/mol. The summed E-state index contributed by atoms with van der Waals surface area (Å²) < 4.78 is 0. The summed E-state index contributed by atoms with van der Waals surface area (Å²) in [5.41, 5.74) is 12.9. The lowest BCUT2D eigenvalue weighted by Crippen LogP contribution is -2.47. The third-order valence-corrected chi connectivity index (χ3v) is 8.56. The number of aromatic nitrogens is 1. The lowest BCUT2D eigenvalue weighted by atomic mass is 9.93. The van der Waals surface area contributed by atoms with Gasteiger partial charge in [-0.3, -0.25) is 14.4 Å². The van der Waals surface area contributed by atoms with Gasteiger partial charge >= 0.3 is 0 Å². The van der Waals surface area contributed by atoms with Crippen molar-refractivity contribution in [1.82, 2.24) is 14.8 Å². The summed E-state index contributed by atoms with van der Waals surface area (Å²) in [6.45, 7) is 5.02. The van der Waals surface area contributed by atoms with E-state index in [2.05, 4.69) is 22.2 Å². The lowest BCUT2D eigenvalue weighted by Gasteiger charge is -2.32. The molecular formula is C35H36N6O3. The molecule has 4 aromatic carbocycles. The first-order valence-electron chi connectivity index (χ1n) is 14.7. The van der Waals surface area contributed by atoms with Crippen LogP contribution in [0.3, 0.4) is 0 Å². The SMILES string of the molecule is Cc1c(NC(=O)c2ccccc2N(C)C)cccc1-c1ccc(C(N)=O)c2[nH]c3cc(C(=O)N4CCN(C)CC4)ccc3c12. The summed E-state index contributed by atoms with van der Waals surface area (Å²) in [5, 5.41) is 4.81. The molecule has 0 atom stereocenters. The highest BCUT2D eigenvalue weighted by molar-refractivity contribution is 6.21. The third kappa shape index (κ3) is 5.16. The van der Waals surface area contributed by atoms with Crippen LogP contribution in [-0.4, -0.2) is 79.8 Å². The van der Waals surface area contributed by atoms with Crippen molar-refractivity contribution in [3.05, 3.63) is 95.1 Å². The van der Waals surface area contributed by atoms with E-state index in [0.29, 0.717) is 41.0 Å². The summed E-state index contributed by atoms with van der Waals surface area (Å²) in [6, 6.07) is 22.5. The van der Waals surface area contributed by atoms with E-state index in [-0.39, 0.29) is 11.8 Å². The van der Waals surface area contributed by atoms with Crippen LogP contribution in [0.15, 0.2) is 72.8 Å². The zero-order valence-corrected chi connectivity index (χ0v) is 25.4. The Hall–Kier alpha value is -5.15. The number of piperazine rings is 1. The van der Waals surface area contributed by atoms with E-state index in [0.717, 1.165) is 51.8 Å². The Bertz CT molecular complexity index is 1930. The van der Waals surface area contributed by atoms with Gasteiger partial charge in [0.05, 0.1) is 16.6 Å². The molecule has 0 saturated carbocycles. The maximum atomic E-state index is 13.4. The number of hydrogen-bond donors (Lipinski definition) is 3. The predicted octanol–water partition coefficient (Wildman–Crippen LogP) is 5.10. The second-order valence-electron chi connectivity index (χ2n) is 11.6. The topological polar surface area (TPSA) is 115 Å². The minimum atomic E-state index is -0.542. The molecule has 0 unspecified atom stereocenters. The fourth-order valence-corrected chi connectivity index (χ4v) is 6.08. The Balaban J connectivity index is 1.43. The summed E-state index contributed by atoms with van der Waals surface area (Å²) >= 11 is 0. The average Bonchev–Trinajstić information content (AvgIpc) is 3.40. The molecule has 5 aromatic rings. The number of primary amides is 1. The van der Waals surface area contributed by atoms with Gasteiger partial charge in [-0.05, 0) is 67.1 Å². The number of nitrogens with two attached hydrogens (primary N) is 1. The molecule has 0 spiro atoms. The number of nitrogens with one attached hydrogen (secondary N) is 2. The smallest absolute Gasteiger partial charge is 0.257 e. The quantitative estimate of drug-likeness (QED) is 0.255. The Morgan fingerprint density at radius 2 is 1.61 bits per heavy atom. The van der Waals surface area contributed by atoms with E-state index >= 15 is 0 Å². The molecule has 1 fully saturated rings. The van der Waals surface area contributed by atoms with E-state index in [9.17, 15) is 14.4 Å². The normalized spacial score (nSPS) is 13.8. The highest BCUT2D eigenvalue weighted by Crippen LogP contribution is 2.39. The molecule has 0 aliphatic carbocycles. The first-order chi connectivity index (χ1) is 21.1. The van der Waals surface area contributed by atoms with Crippen molar-refractivity contribution >= 4 is 50.9 Å². The van der Waals surface area contributed by atoms with Crippen molar-refractivity contribution in [3.63, 3.8) is 0 Å². The monoisotopic (exact) mass is 588 g/mol. The van der Waals surface area contributed by atoms with Gasteiger partial charge in [0.2, 0.25) is 0 Å². The summed E-state index contributed by atoms with van der Waals surface area (Å²) in [7, 11) is 5.87. The number of amides is 3. The second kappa shape index (κ2) is 11.5. The number of para-hydroxylation sites is 1. The number of H-pyrrole nitrogens is 1. The number of benzene rings is 4. The van der Waals surface area contributed by atoms with E-state index in [4.69, 9.17) is 5.73 Å². The number of anilines is 2. The molecule has 3 amide bonds. The first kappa shape index (κ1) is 28.9. The standard InChI is InChI=1S/C35H36N6O3/c1-21-23(9-7-10-28(21)38-34(43)26-8-5-6-11-30(26)39(2)3)24-14-15-27(33(36)42)32-31(24)25-13-12-22(20-29(25)37-32)35(44)41-18-16-40(4)17-19-41/h5-15,20,37H,16-19H2,1-4H3,(H2,36,42)(H,38,43). The molecule has 0 bridgehead atoms. The molecule has 9 heteroatoms. The van der Waals surface area contributed by atoms with Crippen LogP contribution in [0.2, 0.25) is 0 Å². The van der Waals surface area contributed by atoms with Crippen molar-refractivity contribution in [2.24, 2.45) is 5.73 Å². The van der Waals surface area contributed by atoms with Crippen LogP contribution >= 0.6 is 0 Å². The van der Waals surface area contributed by atoms with Crippen molar-refractivity contribution in [2.75, 3.05) is 57.5 Å². The molecule has 9 nitrogen and oxygen atoms in total. The van der Waals surface area contributed by atoms with Crippen molar-refractivity contribution < 1.29 is 14.4 Å². The molecule has 2 heterocycles. The van der Waals surface area contributed by atoms with Crippen LogP contribution in [0.5, 0.6) is 0 Å². The highest BCUT2D eigenvalue weighted by Gasteiger charge is 2.23. The van der Waals surface area contributed by atoms with Crippen LogP contribution in [0.1, 0.15) is 36.6 Å². The Labute approximate surface area is 256 Å². The molecule has 224 valence electrons. The first-order valence-corrected chi connectivity index (χ1v) is 14.7. The number of rotatable bonds is 6. The largest absolute Gasteiger partial charge is 0.377 e. The van der Waals surface area contributed by atoms with Crippen molar-refractivity contribution in [3.8, 4) is 11.1 Å². The number of carbonyl (C=O) groups is 3.